The molecule has 0 aliphatic carbocycles. The molecular formula is C15H11IN2O3. The van der Waals surface area contributed by atoms with Crippen LogP contribution in [0.1, 0.15) is 5.56 Å². The molecule has 2 aromatic rings. The maximum absolute atomic E-state index is 11.8. The number of para-hydroxylation sites is 1. The molecule has 1 N–H and O–H groups in total. The van der Waals surface area contributed by atoms with E-state index < -0.39 is 4.92 Å². The highest BCUT2D eigenvalue weighted by Gasteiger charge is 2.03. The lowest BCUT2D eigenvalue weighted by molar-refractivity contribution is -0.384. The van der Waals surface area contributed by atoms with Crippen LogP contribution in [0.5, 0.6) is 0 Å². The quantitative estimate of drug-likeness (QED) is 0.371. The Balaban J connectivity index is 2.02. The second-order valence-corrected chi connectivity index (χ2v) is 5.31. The Morgan fingerprint density at radius 3 is 2.43 bits per heavy atom. The molecule has 0 aromatic heterocycles. The fraction of sp³-hybridized carbons (Fsp3) is 0. The molecule has 0 fully saturated rings. The Kier molecular flexibility index (Phi) is 5.04. The third kappa shape index (κ3) is 4.38. The van der Waals surface area contributed by atoms with E-state index in [0.717, 1.165) is 14.8 Å². The topological polar surface area (TPSA) is 72.2 Å². The molecule has 0 spiro atoms. The van der Waals surface area contributed by atoms with Crippen LogP contribution in [0.4, 0.5) is 11.4 Å². The Morgan fingerprint density at radius 2 is 1.81 bits per heavy atom. The summed E-state index contributed by atoms with van der Waals surface area (Å²) in [7, 11) is 0. The van der Waals surface area contributed by atoms with Gasteiger partial charge in [0.1, 0.15) is 0 Å². The van der Waals surface area contributed by atoms with Crippen molar-refractivity contribution in [2.75, 3.05) is 5.32 Å². The van der Waals surface area contributed by atoms with E-state index >= 15 is 0 Å². The lowest BCUT2D eigenvalue weighted by Crippen LogP contribution is -2.08. The average molecular weight is 394 g/mol. The Hall–Kier alpha value is -2.22. The van der Waals surface area contributed by atoms with Gasteiger partial charge >= 0.3 is 0 Å². The van der Waals surface area contributed by atoms with Crippen LogP contribution < -0.4 is 5.32 Å². The van der Waals surface area contributed by atoms with E-state index in [-0.39, 0.29) is 11.6 Å². The number of nitro benzene ring substituents is 1. The Bertz CT molecular complexity index is 696. The molecule has 0 saturated carbocycles. The summed E-state index contributed by atoms with van der Waals surface area (Å²) in [5.74, 6) is -0.252. The van der Waals surface area contributed by atoms with E-state index in [9.17, 15) is 14.9 Å². The van der Waals surface area contributed by atoms with Gasteiger partial charge in [0.25, 0.3) is 5.69 Å². The zero-order valence-corrected chi connectivity index (χ0v) is 13.0. The van der Waals surface area contributed by atoms with Crippen LogP contribution in [-0.4, -0.2) is 10.8 Å². The summed E-state index contributed by atoms with van der Waals surface area (Å²) in [4.78, 5) is 21.9. The summed E-state index contributed by atoms with van der Waals surface area (Å²) in [6, 6.07) is 13.4. The number of nitrogens with zero attached hydrogens (tertiary/aromatic N) is 1. The van der Waals surface area contributed by atoms with E-state index in [1.165, 1.54) is 18.2 Å². The van der Waals surface area contributed by atoms with Gasteiger partial charge in [-0.15, -0.1) is 0 Å². The third-order valence-electron chi connectivity index (χ3n) is 2.66. The van der Waals surface area contributed by atoms with Crippen molar-refractivity contribution in [1.29, 1.82) is 0 Å². The first kappa shape index (κ1) is 15.2. The van der Waals surface area contributed by atoms with Crippen molar-refractivity contribution in [2.24, 2.45) is 0 Å². The summed E-state index contributed by atoms with van der Waals surface area (Å²) < 4.78 is 0.951. The predicted molar refractivity (Wildman–Crippen MR) is 89.9 cm³/mol. The smallest absolute Gasteiger partial charge is 0.269 e. The summed E-state index contributed by atoms with van der Waals surface area (Å²) >= 11 is 2.14. The molecule has 0 atom stereocenters. The van der Waals surface area contributed by atoms with E-state index in [1.807, 2.05) is 24.3 Å². The standard InChI is InChI=1S/C15H11IN2O3/c16-13-3-1-2-4-14(13)17-15(19)10-7-11-5-8-12(9-6-11)18(20)21/h1-10H,(H,17,19)/b10-7-. The summed E-state index contributed by atoms with van der Waals surface area (Å²) in [5, 5.41) is 13.3. The molecule has 0 aliphatic heterocycles. The highest BCUT2D eigenvalue weighted by Crippen LogP contribution is 2.17. The number of nitrogens with one attached hydrogen (secondary N) is 1. The van der Waals surface area contributed by atoms with Crippen molar-refractivity contribution in [3.8, 4) is 0 Å². The van der Waals surface area contributed by atoms with Crippen molar-refractivity contribution in [1.82, 2.24) is 0 Å². The van der Waals surface area contributed by atoms with Gasteiger partial charge in [-0.3, -0.25) is 14.9 Å². The number of nitro groups is 1. The number of hydrogen-bond acceptors (Lipinski definition) is 3. The van der Waals surface area contributed by atoms with Gasteiger partial charge in [0.05, 0.1) is 10.6 Å². The van der Waals surface area contributed by atoms with Crippen molar-refractivity contribution in [3.63, 3.8) is 0 Å². The molecule has 2 rings (SSSR count). The van der Waals surface area contributed by atoms with Crippen molar-refractivity contribution < 1.29 is 9.72 Å². The van der Waals surface area contributed by atoms with E-state index in [0.29, 0.717) is 0 Å². The van der Waals surface area contributed by atoms with Gasteiger partial charge in [-0.05, 0) is 58.5 Å². The van der Waals surface area contributed by atoms with Crippen LogP contribution in [0.15, 0.2) is 54.6 Å². The summed E-state index contributed by atoms with van der Waals surface area (Å²) in [5.41, 5.74) is 1.49. The van der Waals surface area contributed by atoms with Crippen molar-refractivity contribution >= 4 is 45.9 Å². The van der Waals surface area contributed by atoms with Gasteiger partial charge in [0, 0.05) is 21.8 Å². The number of rotatable bonds is 4. The number of amides is 1. The Labute approximate surface area is 135 Å². The summed E-state index contributed by atoms with van der Waals surface area (Å²) in [6.45, 7) is 0. The predicted octanol–water partition coefficient (Wildman–Crippen LogP) is 3.85. The molecule has 0 unspecified atom stereocenters. The largest absolute Gasteiger partial charge is 0.322 e. The maximum atomic E-state index is 11.8. The van der Waals surface area contributed by atoms with Gasteiger partial charge in [-0.25, -0.2) is 0 Å². The summed E-state index contributed by atoms with van der Waals surface area (Å²) in [6.07, 6.45) is 3.00. The SMILES string of the molecule is O=C(/C=C\c1ccc([N+](=O)[O-])cc1)Nc1ccccc1I. The third-order valence-corrected chi connectivity index (χ3v) is 3.60. The second kappa shape index (κ2) is 6.98. The molecular weight excluding hydrogens is 383 g/mol. The normalized spacial score (nSPS) is 10.5. The van der Waals surface area contributed by atoms with Gasteiger partial charge < -0.3 is 5.32 Å². The molecule has 0 saturated heterocycles. The lowest BCUT2D eigenvalue weighted by Gasteiger charge is -2.04. The minimum absolute atomic E-state index is 0.0236. The monoisotopic (exact) mass is 394 g/mol. The molecule has 0 bridgehead atoms. The fourth-order valence-corrected chi connectivity index (χ4v) is 2.14. The Morgan fingerprint density at radius 1 is 1.14 bits per heavy atom. The van der Waals surface area contributed by atoms with E-state index in [4.69, 9.17) is 0 Å². The van der Waals surface area contributed by atoms with Gasteiger partial charge in [0.2, 0.25) is 5.91 Å². The van der Waals surface area contributed by atoms with Crippen molar-refractivity contribution in [2.45, 2.75) is 0 Å². The first-order valence-electron chi connectivity index (χ1n) is 6.04. The first-order chi connectivity index (χ1) is 10.1. The van der Waals surface area contributed by atoms with Gasteiger partial charge in [0.15, 0.2) is 0 Å². The number of benzene rings is 2. The van der Waals surface area contributed by atoms with E-state index in [1.54, 1.807) is 18.2 Å². The highest BCUT2D eigenvalue weighted by molar-refractivity contribution is 14.1. The van der Waals surface area contributed by atoms with E-state index in [2.05, 4.69) is 27.9 Å². The zero-order chi connectivity index (χ0) is 15.2. The second-order valence-electron chi connectivity index (χ2n) is 4.15. The number of non-ortho nitro benzene ring substituents is 1. The van der Waals surface area contributed by atoms with Crippen molar-refractivity contribution in [3.05, 3.63) is 73.9 Å². The minimum atomic E-state index is -0.461. The molecule has 6 heteroatoms. The maximum Gasteiger partial charge on any atom is 0.269 e. The van der Waals surface area contributed by atoms with Crippen LogP contribution in [0.25, 0.3) is 6.08 Å². The van der Waals surface area contributed by atoms with Crippen LogP contribution in [0.3, 0.4) is 0 Å². The van der Waals surface area contributed by atoms with Gasteiger partial charge in [-0.2, -0.15) is 0 Å². The first-order valence-corrected chi connectivity index (χ1v) is 7.12. The molecule has 106 valence electrons. The lowest BCUT2D eigenvalue weighted by atomic mass is 10.2. The molecule has 5 nitrogen and oxygen atoms in total. The number of carbonyl (C=O) groups excluding carboxylic acids is 1. The van der Waals surface area contributed by atoms with Crippen LogP contribution in [-0.2, 0) is 4.79 Å². The minimum Gasteiger partial charge on any atom is -0.322 e. The molecule has 0 heterocycles. The average Bonchev–Trinajstić information content (AvgIpc) is 2.48. The zero-order valence-electron chi connectivity index (χ0n) is 10.8. The number of carbonyl (C=O) groups is 1. The molecule has 0 radical (unpaired) electrons. The number of halogens is 1. The molecule has 21 heavy (non-hydrogen) atoms. The highest BCUT2D eigenvalue weighted by atomic mass is 127. The molecule has 0 aliphatic rings. The van der Waals surface area contributed by atoms with Gasteiger partial charge in [-0.1, -0.05) is 12.1 Å². The molecule has 2 aromatic carbocycles. The van der Waals surface area contributed by atoms with Crippen LogP contribution >= 0.6 is 22.6 Å². The number of hydrogen-bond donors (Lipinski definition) is 1. The molecule has 1 amide bonds. The fourth-order valence-electron chi connectivity index (χ4n) is 1.62. The van der Waals surface area contributed by atoms with Crippen LogP contribution in [0.2, 0.25) is 0 Å². The van der Waals surface area contributed by atoms with Crippen LogP contribution in [0, 0.1) is 13.7 Å². The number of anilines is 1.